The Morgan fingerprint density at radius 3 is 2.46 bits per heavy atom. The van der Waals surface area contributed by atoms with Gasteiger partial charge in [-0.25, -0.2) is 0 Å². The van der Waals surface area contributed by atoms with Crippen molar-refractivity contribution in [3.8, 4) is 0 Å². The summed E-state index contributed by atoms with van der Waals surface area (Å²) in [4.78, 5) is 0. The summed E-state index contributed by atoms with van der Waals surface area (Å²) in [5.74, 6) is 0. The molecule has 13 heavy (non-hydrogen) atoms. The van der Waals surface area contributed by atoms with Crippen LogP contribution in [0.3, 0.4) is 0 Å². The van der Waals surface area contributed by atoms with Crippen molar-refractivity contribution in [2.75, 3.05) is 0 Å². The number of aryl methyl sites for hydroxylation is 2. The van der Waals surface area contributed by atoms with Crippen LogP contribution in [0.5, 0.6) is 0 Å². The molecule has 1 aromatic carbocycles. The van der Waals surface area contributed by atoms with E-state index in [-0.39, 0.29) is 0 Å². The van der Waals surface area contributed by atoms with E-state index >= 15 is 0 Å². The predicted molar refractivity (Wildman–Crippen MR) is 58.9 cm³/mol. The largest absolute Gasteiger partial charge is 0.0917 e. The molecule has 70 valence electrons. The number of unbranched alkanes of at least 4 members (excludes halogenated alkanes) is 1. The van der Waals surface area contributed by atoms with Crippen molar-refractivity contribution in [3.63, 3.8) is 0 Å². The third-order valence-corrected chi connectivity index (χ3v) is 2.19. The fourth-order valence-corrected chi connectivity index (χ4v) is 1.35. The van der Waals surface area contributed by atoms with Gasteiger partial charge in [0.1, 0.15) is 0 Å². The fraction of sp³-hybridized carbons (Fsp3) is 0.385. The van der Waals surface area contributed by atoms with Crippen LogP contribution in [-0.4, -0.2) is 0 Å². The molecule has 0 amide bonds. The second kappa shape index (κ2) is 5.58. The average molecular weight is 174 g/mol. The third-order valence-electron chi connectivity index (χ3n) is 2.19. The predicted octanol–water partition coefficient (Wildman–Crippen LogP) is 3.89. The van der Waals surface area contributed by atoms with Gasteiger partial charge in [-0.2, -0.15) is 0 Å². The highest BCUT2D eigenvalue weighted by Gasteiger charge is 1.90. The van der Waals surface area contributed by atoms with Gasteiger partial charge in [-0.15, -0.1) is 0 Å². The Kier molecular flexibility index (Phi) is 4.31. The summed E-state index contributed by atoms with van der Waals surface area (Å²) in [6, 6.07) is 8.83. The molecule has 0 aliphatic heterocycles. The van der Waals surface area contributed by atoms with Crippen molar-refractivity contribution >= 4 is 0 Å². The van der Waals surface area contributed by atoms with Crippen LogP contribution >= 0.6 is 0 Å². The minimum absolute atomic E-state index is 1.20. The van der Waals surface area contributed by atoms with Crippen LogP contribution in [0.1, 0.15) is 30.9 Å². The zero-order valence-corrected chi connectivity index (χ0v) is 8.59. The normalized spacial score (nSPS) is 10.9. The average Bonchev–Trinajstić information content (AvgIpc) is 2.15. The zero-order valence-electron chi connectivity index (χ0n) is 8.59. The van der Waals surface area contributed by atoms with Gasteiger partial charge in [0, 0.05) is 0 Å². The molecular formula is C13H18. The molecule has 0 fully saturated rings. The number of rotatable bonds is 4. The van der Waals surface area contributed by atoms with E-state index in [1.807, 2.05) is 0 Å². The fourth-order valence-electron chi connectivity index (χ4n) is 1.35. The minimum atomic E-state index is 1.20. The summed E-state index contributed by atoms with van der Waals surface area (Å²) in [6.07, 6.45) is 8.01. The molecule has 0 atom stereocenters. The van der Waals surface area contributed by atoms with Gasteiger partial charge in [0.05, 0.1) is 0 Å². The lowest BCUT2D eigenvalue weighted by atomic mass is 10.1. The summed E-state index contributed by atoms with van der Waals surface area (Å²) in [5.41, 5.74) is 2.80. The van der Waals surface area contributed by atoms with Crippen LogP contribution in [-0.2, 0) is 6.42 Å². The highest BCUT2D eigenvalue weighted by atomic mass is 14.0. The van der Waals surface area contributed by atoms with E-state index in [1.54, 1.807) is 0 Å². The van der Waals surface area contributed by atoms with Crippen molar-refractivity contribution in [1.82, 2.24) is 0 Å². The van der Waals surface area contributed by atoms with Crippen LogP contribution in [0.4, 0.5) is 0 Å². The van der Waals surface area contributed by atoms with E-state index in [2.05, 4.69) is 50.3 Å². The Morgan fingerprint density at radius 1 is 1.15 bits per heavy atom. The van der Waals surface area contributed by atoms with Gasteiger partial charge in [-0.05, 0) is 38.7 Å². The molecule has 0 radical (unpaired) electrons. The first-order valence-corrected chi connectivity index (χ1v) is 4.99. The highest BCUT2D eigenvalue weighted by Crippen LogP contribution is 2.07. The molecule has 0 aromatic heterocycles. The van der Waals surface area contributed by atoms with Crippen molar-refractivity contribution in [3.05, 3.63) is 47.5 Å². The molecule has 1 rings (SSSR count). The maximum Gasteiger partial charge on any atom is -0.0276 e. The Labute approximate surface area is 81.3 Å². The van der Waals surface area contributed by atoms with Crippen LogP contribution in [0.25, 0.3) is 0 Å². The van der Waals surface area contributed by atoms with Crippen molar-refractivity contribution in [2.45, 2.75) is 33.1 Å². The van der Waals surface area contributed by atoms with Crippen molar-refractivity contribution < 1.29 is 0 Å². The molecule has 0 N–H and O–H groups in total. The molecule has 0 saturated heterocycles. The molecule has 0 unspecified atom stereocenters. The number of benzene rings is 1. The quantitative estimate of drug-likeness (QED) is 0.480. The molecule has 0 aliphatic rings. The summed E-state index contributed by atoms with van der Waals surface area (Å²) < 4.78 is 0. The van der Waals surface area contributed by atoms with E-state index in [9.17, 15) is 0 Å². The molecule has 1 aromatic rings. The van der Waals surface area contributed by atoms with E-state index in [4.69, 9.17) is 0 Å². The topological polar surface area (TPSA) is 0 Å². The Balaban J connectivity index is 2.33. The zero-order chi connectivity index (χ0) is 9.52. The second-order valence-electron chi connectivity index (χ2n) is 3.45. The van der Waals surface area contributed by atoms with Gasteiger partial charge in [-0.3, -0.25) is 0 Å². The summed E-state index contributed by atoms with van der Waals surface area (Å²) in [5, 5.41) is 0. The highest BCUT2D eigenvalue weighted by molar-refractivity contribution is 5.21. The van der Waals surface area contributed by atoms with Crippen LogP contribution in [0.2, 0.25) is 0 Å². The van der Waals surface area contributed by atoms with Gasteiger partial charge in [0.15, 0.2) is 0 Å². The molecular weight excluding hydrogens is 156 g/mol. The maximum atomic E-state index is 2.23. The minimum Gasteiger partial charge on any atom is -0.0917 e. The first-order valence-electron chi connectivity index (χ1n) is 4.99. The summed E-state index contributed by atoms with van der Waals surface area (Å²) >= 11 is 0. The van der Waals surface area contributed by atoms with Crippen LogP contribution < -0.4 is 0 Å². The first-order chi connectivity index (χ1) is 6.33. The smallest absolute Gasteiger partial charge is 0.0276 e. The summed E-state index contributed by atoms with van der Waals surface area (Å²) in [6.45, 7) is 4.20. The molecule has 0 aliphatic carbocycles. The standard InChI is InChI=1S/C13H18/c1-3-4-5-6-7-13-10-8-12(2)9-11-13/h3-4,8-11H,5-7H2,1-2H3/b4-3-. The Hall–Kier alpha value is -1.04. The van der Waals surface area contributed by atoms with Crippen LogP contribution in [0.15, 0.2) is 36.4 Å². The molecule has 0 spiro atoms. The number of hydrogen-bond acceptors (Lipinski definition) is 0. The van der Waals surface area contributed by atoms with Gasteiger partial charge < -0.3 is 0 Å². The SMILES string of the molecule is C/C=C\CCCc1ccc(C)cc1. The lowest BCUT2D eigenvalue weighted by Crippen LogP contribution is -1.84. The Bertz CT molecular complexity index is 254. The first kappa shape index (κ1) is 10.0. The van der Waals surface area contributed by atoms with E-state index in [0.717, 1.165) is 0 Å². The number of allylic oxidation sites excluding steroid dienone is 2. The van der Waals surface area contributed by atoms with Gasteiger partial charge >= 0.3 is 0 Å². The summed E-state index contributed by atoms with van der Waals surface area (Å²) in [7, 11) is 0. The molecule has 0 saturated carbocycles. The van der Waals surface area contributed by atoms with E-state index in [0.29, 0.717) is 0 Å². The molecule has 0 heterocycles. The monoisotopic (exact) mass is 174 g/mol. The van der Waals surface area contributed by atoms with E-state index < -0.39 is 0 Å². The molecule has 0 heteroatoms. The van der Waals surface area contributed by atoms with Crippen molar-refractivity contribution in [2.24, 2.45) is 0 Å². The molecule has 0 nitrogen and oxygen atoms in total. The lowest BCUT2D eigenvalue weighted by molar-refractivity contribution is 0.842. The second-order valence-corrected chi connectivity index (χ2v) is 3.45. The third kappa shape index (κ3) is 3.93. The van der Waals surface area contributed by atoms with Gasteiger partial charge in [0.2, 0.25) is 0 Å². The lowest BCUT2D eigenvalue weighted by Gasteiger charge is -1.99. The van der Waals surface area contributed by atoms with Crippen LogP contribution in [0, 0.1) is 6.92 Å². The number of hydrogen-bond donors (Lipinski definition) is 0. The van der Waals surface area contributed by atoms with E-state index in [1.165, 1.54) is 30.4 Å². The Morgan fingerprint density at radius 2 is 1.85 bits per heavy atom. The van der Waals surface area contributed by atoms with Gasteiger partial charge in [-0.1, -0.05) is 42.0 Å². The maximum absolute atomic E-state index is 2.23. The molecule has 0 bridgehead atoms. The van der Waals surface area contributed by atoms with Crippen molar-refractivity contribution in [1.29, 1.82) is 0 Å². The van der Waals surface area contributed by atoms with Gasteiger partial charge in [0.25, 0.3) is 0 Å².